The van der Waals surface area contributed by atoms with Crippen LogP contribution in [-0.4, -0.2) is 39.0 Å². The molecule has 1 saturated heterocycles. The van der Waals surface area contributed by atoms with Gasteiger partial charge in [0.25, 0.3) is 0 Å². The Kier molecular flexibility index (Phi) is 6.26. The first-order valence-corrected chi connectivity index (χ1v) is 12.9. The average Bonchev–Trinajstić information content (AvgIpc) is 2.91. The Morgan fingerprint density at radius 3 is 2.53 bits per heavy atom. The fraction of sp³-hybridized carbons (Fsp3) is 0.233. The number of piperidine rings is 1. The van der Waals surface area contributed by atoms with Crippen molar-refractivity contribution in [2.75, 3.05) is 18.4 Å². The van der Waals surface area contributed by atoms with Crippen LogP contribution in [0, 0.1) is 6.92 Å². The first kappa shape index (κ1) is 22.9. The lowest BCUT2D eigenvalue weighted by atomic mass is 9.99. The lowest BCUT2D eigenvalue weighted by molar-refractivity contribution is 0.211. The number of nitrogens with zero attached hydrogens (tertiary/aromatic N) is 4. The van der Waals surface area contributed by atoms with Gasteiger partial charge in [-0.3, -0.25) is 9.88 Å². The van der Waals surface area contributed by atoms with E-state index in [0.29, 0.717) is 6.04 Å². The van der Waals surface area contributed by atoms with E-state index < -0.39 is 0 Å². The number of likely N-dealkylation sites (tertiary alicyclic amines) is 1. The van der Waals surface area contributed by atoms with Crippen LogP contribution < -0.4 is 5.32 Å². The van der Waals surface area contributed by atoms with E-state index >= 15 is 0 Å². The number of aromatic nitrogens is 3. The zero-order valence-electron chi connectivity index (χ0n) is 20.3. The van der Waals surface area contributed by atoms with Crippen LogP contribution in [0.15, 0.2) is 79.0 Å². The summed E-state index contributed by atoms with van der Waals surface area (Å²) in [6, 6.07) is 25.3. The minimum atomic E-state index is 0.380. The first-order valence-electron chi connectivity index (χ1n) is 12.5. The Hall–Kier alpha value is -3.54. The average molecular weight is 494 g/mol. The molecule has 0 unspecified atom stereocenters. The minimum absolute atomic E-state index is 0.380. The highest BCUT2D eigenvalue weighted by Gasteiger charge is 2.20. The number of rotatable bonds is 5. The molecule has 0 atom stereocenters. The maximum Gasteiger partial charge on any atom is 0.223 e. The molecular weight excluding hydrogens is 466 g/mol. The minimum Gasteiger partial charge on any atom is -0.351 e. The molecule has 5 aromatic rings. The molecule has 6 rings (SSSR count). The van der Waals surface area contributed by atoms with Crippen molar-refractivity contribution in [3.8, 4) is 11.1 Å². The van der Waals surface area contributed by atoms with Crippen LogP contribution in [0.2, 0.25) is 5.02 Å². The van der Waals surface area contributed by atoms with Crippen LogP contribution in [0.25, 0.3) is 32.9 Å². The Morgan fingerprint density at radius 1 is 0.889 bits per heavy atom. The van der Waals surface area contributed by atoms with Gasteiger partial charge in [0.15, 0.2) is 0 Å². The van der Waals surface area contributed by atoms with E-state index in [9.17, 15) is 0 Å². The number of benzene rings is 3. The van der Waals surface area contributed by atoms with Gasteiger partial charge in [0.1, 0.15) is 0 Å². The highest BCUT2D eigenvalue weighted by Crippen LogP contribution is 2.30. The number of aryl methyl sites for hydroxylation is 1. The first-order chi connectivity index (χ1) is 17.6. The molecule has 36 heavy (non-hydrogen) atoms. The van der Waals surface area contributed by atoms with E-state index in [-0.39, 0.29) is 0 Å². The van der Waals surface area contributed by atoms with E-state index in [1.54, 1.807) is 0 Å². The molecule has 5 nitrogen and oxygen atoms in total. The fourth-order valence-electron chi connectivity index (χ4n) is 5.13. The van der Waals surface area contributed by atoms with E-state index in [2.05, 4.69) is 70.7 Å². The molecule has 1 aliphatic rings. The smallest absolute Gasteiger partial charge is 0.223 e. The summed E-state index contributed by atoms with van der Waals surface area (Å²) in [4.78, 5) is 16.7. The molecule has 0 amide bonds. The Labute approximate surface area is 216 Å². The molecule has 3 heterocycles. The number of hydrogen-bond acceptors (Lipinski definition) is 5. The highest BCUT2D eigenvalue weighted by atomic mass is 35.5. The summed E-state index contributed by atoms with van der Waals surface area (Å²) in [5.74, 6) is 0.721. The lowest BCUT2D eigenvalue weighted by Gasteiger charge is -2.32. The van der Waals surface area contributed by atoms with Gasteiger partial charge in [0.05, 0.1) is 16.7 Å². The van der Waals surface area contributed by atoms with Crippen molar-refractivity contribution < 1.29 is 0 Å². The number of anilines is 1. The summed E-state index contributed by atoms with van der Waals surface area (Å²) in [6.07, 6.45) is 4.02. The van der Waals surface area contributed by atoms with Gasteiger partial charge in [0, 0.05) is 47.7 Å². The normalized spacial score (nSPS) is 14.9. The van der Waals surface area contributed by atoms with Crippen LogP contribution in [0.1, 0.15) is 24.1 Å². The highest BCUT2D eigenvalue weighted by molar-refractivity contribution is 6.30. The molecule has 3 aromatic carbocycles. The van der Waals surface area contributed by atoms with Crippen LogP contribution in [0.4, 0.5) is 5.95 Å². The largest absolute Gasteiger partial charge is 0.351 e. The Morgan fingerprint density at radius 2 is 1.69 bits per heavy atom. The maximum atomic E-state index is 6.02. The van der Waals surface area contributed by atoms with Gasteiger partial charge < -0.3 is 5.32 Å². The molecule has 0 aliphatic carbocycles. The van der Waals surface area contributed by atoms with Crippen molar-refractivity contribution >= 4 is 39.4 Å². The van der Waals surface area contributed by atoms with Crippen LogP contribution in [0.5, 0.6) is 0 Å². The number of hydrogen-bond donors (Lipinski definition) is 1. The number of halogens is 1. The molecule has 1 fully saturated rings. The second kappa shape index (κ2) is 9.84. The van der Waals surface area contributed by atoms with Gasteiger partial charge in [-0.2, -0.15) is 0 Å². The Balaban J connectivity index is 1.16. The Bertz CT molecular complexity index is 1520. The van der Waals surface area contributed by atoms with Gasteiger partial charge in [-0.15, -0.1) is 0 Å². The summed E-state index contributed by atoms with van der Waals surface area (Å²) in [7, 11) is 0. The monoisotopic (exact) mass is 493 g/mol. The third-order valence-electron chi connectivity index (χ3n) is 7.09. The summed E-state index contributed by atoms with van der Waals surface area (Å²) in [5.41, 5.74) is 6.59. The quantitative estimate of drug-likeness (QED) is 0.289. The third-order valence-corrected chi connectivity index (χ3v) is 7.34. The van der Waals surface area contributed by atoms with Crippen molar-refractivity contribution in [2.24, 2.45) is 0 Å². The molecule has 0 spiro atoms. The van der Waals surface area contributed by atoms with Crippen LogP contribution in [0.3, 0.4) is 0 Å². The van der Waals surface area contributed by atoms with Crippen molar-refractivity contribution in [1.29, 1.82) is 0 Å². The summed E-state index contributed by atoms with van der Waals surface area (Å²) in [6.45, 7) is 5.13. The lowest BCUT2D eigenvalue weighted by Crippen LogP contribution is -2.39. The summed E-state index contributed by atoms with van der Waals surface area (Å²) >= 11 is 6.02. The van der Waals surface area contributed by atoms with Gasteiger partial charge in [-0.25, -0.2) is 9.97 Å². The van der Waals surface area contributed by atoms with E-state index in [4.69, 9.17) is 21.6 Å². The fourth-order valence-corrected chi connectivity index (χ4v) is 5.25. The SMILES string of the molecule is Cc1nc(NC2CCN(Cc3ccc(Cl)cc3)CC2)nc2ccc(-c3ccnc4ccccc34)cc12. The molecule has 0 bridgehead atoms. The molecule has 2 aromatic heterocycles. The van der Waals surface area contributed by atoms with Crippen molar-refractivity contribution in [3.05, 3.63) is 95.3 Å². The number of nitrogens with one attached hydrogen (secondary N) is 1. The standard InChI is InChI=1S/C30H28ClN5/c1-20-27-18-22(25-12-15-32-28-5-3-2-4-26(25)28)8-11-29(27)35-30(33-20)34-24-13-16-36(17-14-24)19-21-6-9-23(31)10-7-21/h2-12,15,18,24H,13-14,16-17,19H2,1H3,(H,33,34,35). The number of pyridine rings is 1. The predicted molar refractivity (Wildman–Crippen MR) is 148 cm³/mol. The number of para-hydroxylation sites is 1. The van der Waals surface area contributed by atoms with Crippen LogP contribution in [-0.2, 0) is 6.54 Å². The van der Waals surface area contributed by atoms with Gasteiger partial charge >= 0.3 is 0 Å². The van der Waals surface area contributed by atoms with E-state index in [1.165, 1.54) is 11.1 Å². The third kappa shape index (κ3) is 4.77. The van der Waals surface area contributed by atoms with Crippen molar-refractivity contribution in [3.63, 3.8) is 0 Å². The zero-order chi connectivity index (χ0) is 24.5. The maximum absolute atomic E-state index is 6.02. The van der Waals surface area contributed by atoms with Crippen LogP contribution >= 0.6 is 11.6 Å². The molecule has 0 saturated carbocycles. The molecular formula is C30H28ClN5. The zero-order valence-corrected chi connectivity index (χ0v) is 21.0. The van der Waals surface area contributed by atoms with Gasteiger partial charge in [-0.1, -0.05) is 48.0 Å². The van der Waals surface area contributed by atoms with Crippen molar-refractivity contribution in [2.45, 2.75) is 32.4 Å². The number of fused-ring (bicyclic) bond motifs is 2. The second-order valence-corrected chi connectivity index (χ2v) is 10.00. The molecule has 180 valence electrons. The summed E-state index contributed by atoms with van der Waals surface area (Å²) in [5, 5.41) is 6.62. The van der Waals surface area contributed by atoms with E-state index in [1.807, 2.05) is 30.5 Å². The molecule has 1 N–H and O–H groups in total. The van der Waals surface area contributed by atoms with Gasteiger partial charge in [0.2, 0.25) is 5.95 Å². The van der Waals surface area contributed by atoms with Crippen molar-refractivity contribution in [1.82, 2.24) is 19.9 Å². The second-order valence-electron chi connectivity index (χ2n) is 9.56. The molecule has 6 heteroatoms. The predicted octanol–water partition coefficient (Wildman–Crippen LogP) is 6.88. The van der Waals surface area contributed by atoms with Gasteiger partial charge in [-0.05, 0) is 72.9 Å². The molecule has 0 radical (unpaired) electrons. The summed E-state index contributed by atoms with van der Waals surface area (Å²) < 4.78 is 0. The van der Waals surface area contributed by atoms with E-state index in [0.717, 1.165) is 76.5 Å². The topological polar surface area (TPSA) is 53.9 Å². The molecule has 1 aliphatic heterocycles.